The van der Waals surface area contributed by atoms with Gasteiger partial charge in [-0.3, -0.25) is 9.10 Å². The van der Waals surface area contributed by atoms with Crippen molar-refractivity contribution in [3.8, 4) is 0 Å². The molecule has 0 radical (unpaired) electrons. The zero-order valence-corrected chi connectivity index (χ0v) is 19.1. The molecule has 0 atom stereocenters. The van der Waals surface area contributed by atoms with Gasteiger partial charge in [-0.15, -0.1) is 0 Å². The number of alkyl halides is 3. The Morgan fingerprint density at radius 2 is 1.64 bits per heavy atom. The van der Waals surface area contributed by atoms with Gasteiger partial charge >= 0.3 is 6.18 Å². The van der Waals surface area contributed by atoms with Crippen molar-refractivity contribution in [1.82, 2.24) is 5.32 Å². The minimum absolute atomic E-state index is 0.00712. The van der Waals surface area contributed by atoms with Gasteiger partial charge in [0.25, 0.3) is 10.0 Å². The van der Waals surface area contributed by atoms with Gasteiger partial charge in [-0.25, -0.2) is 8.42 Å². The van der Waals surface area contributed by atoms with Crippen LogP contribution in [0, 0.1) is 0 Å². The third-order valence-electron chi connectivity index (χ3n) is 4.54. The first-order valence-corrected chi connectivity index (χ1v) is 11.6. The van der Waals surface area contributed by atoms with Crippen molar-refractivity contribution in [2.45, 2.75) is 17.6 Å². The van der Waals surface area contributed by atoms with Crippen LogP contribution in [0.15, 0.2) is 77.7 Å². The molecule has 0 aliphatic rings. The molecule has 33 heavy (non-hydrogen) atoms. The summed E-state index contributed by atoms with van der Waals surface area (Å²) in [5.74, 6) is -0.738. The van der Waals surface area contributed by atoms with Crippen LogP contribution in [0.5, 0.6) is 0 Å². The fraction of sp³-hybridized carbons (Fsp3) is 0.136. The van der Waals surface area contributed by atoms with E-state index in [1.165, 1.54) is 54.6 Å². The molecule has 3 aromatic carbocycles. The molecule has 5 nitrogen and oxygen atoms in total. The second-order valence-electron chi connectivity index (χ2n) is 6.90. The Morgan fingerprint density at radius 1 is 0.939 bits per heavy atom. The summed E-state index contributed by atoms with van der Waals surface area (Å²) < 4.78 is 66.1. The number of carbonyl (C=O) groups excluding carboxylic acids is 1. The molecule has 1 N–H and O–H groups in total. The molecule has 0 aliphatic carbocycles. The van der Waals surface area contributed by atoms with Crippen molar-refractivity contribution in [2.24, 2.45) is 0 Å². The van der Waals surface area contributed by atoms with Crippen LogP contribution in [-0.4, -0.2) is 20.9 Å². The number of carbonyl (C=O) groups is 1. The molecule has 0 fully saturated rings. The first-order chi connectivity index (χ1) is 15.5. The van der Waals surface area contributed by atoms with E-state index < -0.39 is 34.2 Å². The number of rotatable bonds is 7. The summed E-state index contributed by atoms with van der Waals surface area (Å²) in [6, 6.07) is 16.0. The van der Waals surface area contributed by atoms with E-state index in [1.807, 2.05) is 0 Å². The van der Waals surface area contributed by atoms with Gasteiger partial charge in [0, 0.05) is 11.6 Å². The number of benzene rings is 3. The Bertz CT molecular complexity index is 1250. The Kier molecular flexibility index (Phi) is 7.56. The first kappa shape index (κ1) is 24.9. The summed E-state index contributed by atoms with van der Waals surface area (Å²) in [4.78, 5) is 12.6. The molecule has 0 aliphatic heterocycles. The van der Waals surface area contributed by atoms with Gasteiger partial charge < -0.3 is 5.32 Å². The maximum absolute atomic E-state index is 13.3. The molecule has 1 amide bonds. The van der Waals surface area contributed by atoms with Crippen molar-refractivity contribution in [1.29, 1.82) is 0 Å². The maximum atomic E-state index is 13.3. The fourth-order valence-corrected chi connectivity index (χ4v) is 4.97. The smallest absolute Gasteiger partial charge is 0.350 e. The molecule has 3 rings (SSSR count). The number of hydrogen-bond donors (Lipinski definition) is 1. The highest BCUT2D eigenvalue weighted by molar-refractivity contribution is 7.92. The van der Waals surface area contributed by atoms with Gasteiger partial charge in [0.15, 0.2) is 0 Å². The van der Waals surface area contributed by atoms with Crippen LogP contribution in [-0.2, 0) is 27.5 Å². The van der Waals surface area contributed by atoms with E-state index >= 15 is 0 Å². The van der Waals surface area contributed by atoms with E-state index in [9.17, 15) is 26.4 Å². The molecule has 11 heteroatoms. The van der Waals surface area contributed by atoms with Crippen molar-refractivity contribution < 1.29 is 26.4 Å². The maximum Gasteiger partial charge on any atom is 0.416 e. The average molecular weight is 517 g/mol. The number of halogens is 5. The first-order valence-electron chi connectivity index (χ1n) is 9.44. The van der Waals surface area contributed by atoms with E-state index in [-0.39, 0.29) is 32.7 Å². The largest absolute Gasteiger partial charge is 0.416 e. The number of hydrogen-bond acceptors (Lipinski definition) is 3. The molecule has 0 aromatic heterocycles. The second-order valence-corrected chi connectivity index (χ2v) is 9.60. The third kappa shape index (κ3) is 6.19. The Hall–Kier alpha value is -2.75. The number of anilines is 1. The molecule has 0 spiro atoms. The van der Waals surface area contributed by atoms with E-state index in [2.05, 4.69) is 5.32 Å². The highest BCUT2D eigenvalue weighted by Crippen LogP contribution is 2.33. The zero-order chi connectivity index (χ0) is 24.2. The summed E-state index contributed by atoms with van der Waals surface area (Å²) in [5, 5.41) is 2.73. The van der Waals surface area contributed by atoms with Gasteiger partial charge in [-0.2, -0.15) is 13.2 Å². The Morgan fingerprint density at radius 3 is 2.27 bits per heavy atom. The second kappa shape index (κ2) is 10.0. The van der Waals surface area contributed by atoms with E-state index in [0.717, 1.165) is 16.4 Å². The molecule has 0 bridgehead atoms. The van der Waals surface area contributed by atoms with Crippen LogP contribution >= 0.6 is 23.2 Å². The molecule has 0 saturated carbocycles. The minimum atomic E-state index is -4.52. The SMILES string of the molecule is O=C(CN(c1ccc(Cl)cc1Cl)S(=O)(=O)c1ccccc1)NCc1cccc(C(F)(F)F)c1. The van der Waals surface area contributed by atoms with Crippen molar-refractivity contribution in [3.63, 3.8) is 0 Å². The lowest BCUT2D eigenvalue weighted by Crippen LogP contribution is -2.40. The van der Waals surface area contributed by atoms with Crippen molar-refractivity contribution in [2.75, 3.05) is 10.8 Å². The van der Waals surface area contributed by atoms with Crippen LogP contribution in [0.1, 0.15) is 11.1 Å². The van der Waals surface area contributed by atoms with Gasteiger partial charge in [0.1, 0.15) is 6.54 Å². The van der Waals surface area contributed by atoms with E-state index in [0.29, 0.717) is 0 Å². The Labute approximate surface area is 198 Å². The number of nitrogens with zero attached hydrogens (tertiary/aromatic N) is 1. The topological polar surface area (TPSA) is 66.5 Å². The lowest BCUT2D eigenvalue weighted by molar-refractivity contribution is -0.137. The van der Waals surface area contributed by atoms with Gasteiger partial charge in [-0.1, -0.05) is 53.5 Å². The third-order valence-corrected chi connectivity index (χ3v) is 6.85. The molecule has 0 unspecified atom stereocenters. The van der Waals surface area contributed by atoms with Crippen molar-refractivity contribution >= 4 is 44.8 Å². The standard InChI is InChI=1S/C22H17Cl2F3N2O3S/c23-17-9-10-20(19(24)12-17)29(33(31,32)18-7-2-1-3-8-18)14-21(30)28-13-15-5-4-6-16(11-15)22(25,26)27/h1-12H,13-14H2,(H,28,30). The zero-order valence-electron chi connectivity index (χ0n) is 16.8. The lowest BCUT2D eigenvalue weighted by Gasteiger charge is -2.25. The van der Waals surface area contributed by atoms with E-state index in [1.54, 1.807) is 6.07 Å². The van der Waals surface area contributed by atoms with E-state index in [4.69, 9.17) is 23.2 Å². The van der Waals surface area contributed by atoms with Crippen LogP contribution in [0.2, 0.25) is 10.0 Å². The fourth-order valence-electron chi connectivity index (χ4n) is 2.95. The summed E-state index contributed by atoms with van der Waals surface area (Å²) in [6.45, 7) is -0.881. The molecule has 3 aromatic rings. The highest BCUT2D eigenvalue weighted by Gasteiger charge is 2.31. The van der Waals surface area contributed by atoms with Crippen LogP contribution in [0.4, 0.5) is 18.9 Å². The summed E-state index contributed by atoms with van der Waals surface area (Å²) in [5.41, 5.74) is -0.616. The summed E-state index contributed by atoms with van der Waals surface area (Å²) >= 11 is 12.1. The molecular weight excluding hydrogens is 500 g/mol. The molecule has 0 heterocycles. The average Bonchev–Trinajstić information content (AvgIpc) is 2.77. The van der Waals surface area contributed by atoms with Crippen LogP contribution < -0.4 is 9.62 Å². The van der Waals surface area contributed by atoms with Crippen LogP contribution in [0.3, 0.4) is 0 Å². The number of nitrogens with one attached hydrogen (secondary N) is 1. The van der Waals surface area contributed by atoms with Crippen LogP contribution in [0.25, 0.3) is 0 Å². The lowest BCUT2D eigenvalue weighted by atomic mass is 10.1. The van der Waals surface area contributed by atoms with Gasteiger partial charge in [0.05, 0.1) is 21.2 Å². The molecule has 174 valence electrons. The predicted octanol–water partition coefficient (Wildman–Crippen LogP) is 5.52. The van der Waals surface area contributed by atoms with Gasteiger partial charge in [-0.05, 0) is 48.0 Å². The minimum Gasteiger partial charge on any atom is -0.350 e. The highest BCUT2D eigenvalue weighted by atomic mass is 35.5. The quantitative estimate of drug-likeness (QED) is 0.449. The normalized spacial score (nSPS) is 11.8. The molecule has 0 saturated heterocycles. The Balaban J connectivity index is 1.86. The number of sulfonamides is 1. The predicted molar refractivity (Wildman–Crippen MR) is 121 cm³/mol. The molecular formula is C22H17Cl2F3N2O3S. The summed E-state index contributed by atoms with van der Waals surface area (Å²) in [7, 11) is -4.20. The monoisotopic (exact) mass is 516 g/mol. The van der Waals surface area contributed by atoms with Crippen molar-refractivity contribution in [3.05, 3.63) is 94.0 Å². The van der Waals surface area contributed by atoms with Gasteiger partial charge in [0.2, 0.25) is 5.91 Å². The summed E-state index contributed by atoms with van der Waals surface area (Å²) in [6.07, 6.45) is -4.52. The number of amides is 1.